The Balaban J connectivity index is 1.45. The molecule has 51 heavy (non-hydrogen) atoms. The molecule has 0 radical (unpaired) electrons. The molecule has 278 valence electrons. The number of sulfonamides is 1. The lowest BCUT2D eigenvalue weighted by Gasteiger charge is -2.36. The van der Waals surface area contributed by atoms with E-state index in [1.807, 2.05) is 18.2 Å². The fourth-order valence-corrected chi connectivity index (χ4v) is 8.49. The Morgan fingerprint density at radius 1 is 1.12 bits per heavy atom. The first-order chi connectivity index (χ1) is 23.7. The third-order valence-electron chi connectivity index (χ3n) is 9.91. The molecule has 5 rings (SSSR count). The zero-order valence-electron chi connectivity index (χ0n) is 30.2. The molecular weight excluding hydrogens is 698 g/mol. The number of ether oxygens (including phenoxy) is 2. The number of halogens is 1. The van der Waals surface area contributed by atoms with E-state index in [4.69, 9.17) is 21.1 Å². The standard InChI is InChI=1S/C36H48ClN5O8S/c1-9-21-18-36(21,31(45)41-51(47,48)35(10-2)15-16-35)40-28(43)26-17-22(49-29-24-14-12-11-13-23(24)25(37)19-38-29)20-42(26)30(44)27(33(3,4)5)39-32(46)50-34(6,7)8/h9,11-14,19,21-22,26-27H,1,10,15-18,20H2,2-8H3,(H,39,46)(H,40,43)(H,41,45)/t21-,22-,26+,27-,36-/m1/s1. The van der Waals surface area contributed by atoms with E-state index in [1.54, 1.807) is 54.5 Å². The molecule has 1 aliphatic heterocycles. The molecule has 1 aromatic carbocycles. The molecule has 13 nitrogen and oxygen atoms in total. The van der Waals surface area contributed by atoms with Crippen LogP contribution in [0.5, 0.6) is 5.88 Å². The van der Waals surface area contributed by atoms with Crippen LogP contribution < -0.4 is 20.1 Å². The van der Waals surface area contributed by atoms with Gasteiger partial charge in [0.2, 0.25) is 27.7 Å². The minimum absolute atomic E-state index is 0.00715. The van der Waals surface area contributed by atoms with Crippen molar-refractivity contribution in [2.75, 3.05) is 6.54 Å². The van der Waals surface area contributed by atoms with Crippen LogP contribution in [0.3, 0.4) is 0 Å². The van der Waals surface area contributed by atoms with E-state index in [0.29, 0.717) is 35.1 Å². The Hall–Kier alpha value is -3.91. The number of benzene rings is 1. The van der Waals surface area contributed by atoms with Crippen LogP contribution >= 0.6 is 11.6 Å². The Morgan fingerprint density at radius 3 is 2.31 bits per heavy atom. The summed E-state index contributed by atoms with van der Waals surface area (Å²) in [7, 11) is -4.01. The molecular formula is C36H48ClN5O8S. The maximum Gasteiger partial charge on any atom is 0.408 e. The molecule has 3 aliphatic rings. The zero-order chi connectivity index (χ0) is 37.7. The quantitative estimate of drug-likeness (QED) is 0.278. The van der Waals surface area contributed by atoms with Crippen molar-refractivity contribution in [1.82, 2.24) is 25.2 Å². The number of nitrogens with zero attached hydrogens (tertiary/aromatic N) is 2. The van der Waals surface area contributed by atoms with E-state index in [-0.39, 0.29) is 25.3 Å². The van der Waals surface area contributed by atoms with Crippen molar-refractivity contribution >= 4 is 56.2 Å². The maximum atomic E-state index is 14.4. The number of hydrogen-bond acceptors (Lipinski definition) is 9. The largest absolute Gasteiger partial charge is 0.472 e. The molecule has 5 atom stereocenters. The molecule has 1 aromatic heterocycles. The molecule has 2 saturated carbocycles. The Labute approximate surface area is 304 Å². The number of carbonyl (C=O) groups excluding carboxylic acids is 4. The van der Waals surface area contributed by atoms with Gasteiger partial charge in [-0.15, -0.1) is 6.58 Å². The van der Waals surface area contributed by atoms with Crippen molar-refractivity contribution in [2.24, 2.45) is 11.3 Å². The van der Waals surface area contributed by atoms with Crippen molar-refractivity contribution in [2.45, 2.75) is 115 Å². The second-order valence-corrected chi connectivity index (χ2v) is 18.3. The molecule has 2 heterocycles. The number of rotatable bonds is 11. The van der Waals surface area contributed by atoms with Crippen LogP contribution in [0.2, 0.25) is 5.02 Å². The molecule has 1 saturated heterocycles. The third kappa shape index (κ3) is 7.81. The van der Waals surface area contributed by atoms with Crippen molar-refractivity contribution in [1.29, 1.82) is 0 Å². The average molecular weight is 746 g/mol. The predicted molar refractivity (Wildman–Crippen MR) is 192 cm³/mol. The summed E-state index contributed by atoms with van der Waals surface area (Å²) < 4.78 is 39.4. The van der Waals surface area contributed by atoms with E-state index in [2.05, 4.69) is 26.9 Å². The highest BCUT2D eigenvalue weighted by atomic mass is 35.5. The molecule has 15 heteroatoms. The molecule has 2 aliphatic carbocycles. The van der Waals surface area contributed by atoms with Gasteiger partial charge in [-0.1, -0.05) is 63.6 Å². The minimum atomic E-state index is -4.01. The van der Waals surface area contributed by atoms with Gasteiger partial charge in [-0.05, 0) is 57.9 Å². The summed E-state index contributed by atoms with van der Waals surface area (Å²) in [5.74, 6) is -2.37. The second kappa shape index (κ2) is 13.6. The van der Waals surface area contributed by atoms with E-state index in [0.717, 1.165) is 0 Å². The summed E-state index contributed by atoms with van der Waals surface area (Å²) >= 11 is 6.38. The number of fused-ring (bicyclic) bond motifs is 1. The lowest BCUT2D eigenvalue weighted by Crippen LogP contribution is -2.60. The van der Waals surface area contributed by atoms with Crippen LogP contribution in [-0.2, 0) is 29.1 Å². The smallest absolute Gasteiger partial charge is 0.408 e. The predicted octanol–water partition coefficient (Wildman–Crippen LogP) is 4.63. The SMILES string of the molecule is C=C[C@@H]1C[C@]1(NC(=O)[C@@H]1C[C@@H](Oc2ncc(Cl)c3ccccc23)CN1C(=O)[C@@H](NC(=O)OC(C)(C)C)C(C)(C)C)C(=O)NS(=O)(=O)C1(CC)CC1. The Morgan fingerprint density at radius 2 is 1.76 bits per heavy atom. The van der Waals surface area contributed by atoms with Gasteiger partial charge in [-0.25, -0.2) is 18.2 Å². The van der Waals surface area contributed by atoms with Gasteiger partial charge in [0.25, 0.3) is 5.91 Å². The first-order valence-corrected chi connectivity index (χ1v) is 19.0. The van der Waals surface area contributed by atoms with Crippen molar-refractivity contribution in [3.05, 3.63) is 48.1 Å². The normalized spacial score (nSPS) is 24.6. The topological polar surface area (TPSA) is 173 Å². The third-order valence-corrected chi connectivity index (χ3v) is 12.5. The highest BCUT2D eigenvalue weighted by Crippen LogP contribution is 2.48. The van der Waals surface area contributed by atoms with E-state index >= 15 is 0 Å². The molecule has 4 amide bonds. The molecule has 3 fully saturated rings. The molecule has 2 aromatic rings. The Kier molecular flexibility index (Phi) is 10.2. The van der Waals surface area contributed by atoms with Gasteiger partial charge in [0.05, 0.1) is 22.5 Å². The van der Waals surface area contributed by atoms with Crippen LogP contribution in [0.1, 0.15) is 80.6 Å². The van der Waals surface area contributed by atoms with E-state index in [1.165, 1.54) is 17.2 Å². The molecule has 3 N–H and O–H groups in total. The second-order valence-electron chi connectivity index (χ2n) is 15.9. The van der Waals surface area contributed by atoms with E-state index < -0.39 is 79.2 Å². The summed E-state index contributed by atoms with van der Waals surface area (Å²) in [6.07, 6.45) is 2.81. The number of hydrogen-bond donors (Lipinski definition) is 3. The number of carbonyl (C=O) groups is 4. The van der Waals surface area contributed by atoms with Gasteiger partial charge >= 0.3 is 6.09 Å². The first-order valence-electron chi connectivity index (χ1n) is 17.2. The van der Waals surface area contributed by atoms with Gasteiger partial charge < -0.3 is 25.0 Å². The number of likely N-dealkylation sites (tertiary alicyclic amines) is 1. The summed E-state index contributed by atoms with van der Waals surface area (Å²) in [5.41, 5.74) is -3.22. The highest BCUT2D eigenvalue weighted by molar-refractivity contribution is 7.91. The van der Waals surface area contributed by atoms with Crippen molar-refractivity contribution < 1.29 is 37.1 Å². The van der Waals surface area contributed by atoms with Crippen LogP contribution in [0, 0.1) is 11.3 Å². The number of alkyl carbamates (subject to hydrolysis) is 1. The van der Waals surface area contributed by atoms with Gasteiger partial charge in [0.15, 0.2) is 0 Å². The van der Waals surface area contributed by atoms with Crippen LogP contribution in [0.15, 0.2) is 43.1 Å². The summed E-state index contributed by atoms with van der Waals surface area (Å²) in [6, 6.07) is 4.98. The van der Waals surface area contributed by atoms with Gasteiger partial charge in [-0.2, -0.15) is 0 Å². The van der Waals surface area contributed by atoms with E-state index in [9.17, 15) is 27.6 Å². The summed E-state index contributed by atoms with van der Waals surface area (Å²) in [4.78, 5) is 61.0. The molecule has 0 unspecified atom stereocenters. The minimum Gasteiger partial charge on any atom is -0.472 e. The van der Waals surface area contributed by atoms with Gasteiger partial charge in [0.1, 0.15) is 29.3 Å². The fraction of sp³-hybridized carbons (Fsp3) is 0.583. The maximum absolute atomic E-state index is 14.4. The Bertz CT molecular complexity index is 1850. The van der Waals surface area contributed by atoms with Crippen LogP contribution in [0.4, 0.5) is 4.79 Å². The number of pyridine rings is 1. The van der Waals surface area contributed by atoms with Gasteiger partial charge in [0, 0.05) is 23.1 Å². The number of nitrogens with one attached hydrogen (secondary N) is 3. The van der Waals surface area contributed by atoms with Gasteiger partial charge in [-0.3, -0.25) is 19.1 Å². The highest BCUT2D eigenvalue weighted by Gasteiger charge is 2.63. The first kappa shape index (κ1) is 38.3. The molecule has 0 spiro atoms. The number of amides is 4. The lowest BCUT2D eigenvalue weighted by atomic mass is 9.85. The zero-order valence-corrected chi connectivity index (χ0v) is 31.7. The summed E-state index contributed by atoms with van der Waals surface area (Å²) in [5, 5.41) is 7.27. The summed E-state index contributed by atoms with van der Waals surface area (Å²) in [6.45, 7) is 15.9. The van der Waals surface area contributed by atoms with Crippen LogP contribution in [0.25, 0.3) is 10.8 Å². The van der Waals surface area contributed by atoms with Crippen molar-refractivity contribution in [3.63, 3.8) is 0 Å². The monoisotopic (exact) mass is 745 g/mol. The number of aromatic nitrogens is 1. The molecule has 0 bridgehead atoms. The average Bonchev–Trinajstić information content (AvgIpc) is 3.94. The van der Waals surface area contributed by atoms with Crippen molar-refractivity contribution in [3.8, 4) is 5.88 Å². The fourth-order valence-electron chi connectivity index (χ4n) is 6.61. The lowest BCUT2D eigenvalue weighted by molar-refractivity contribution is -0.143. The van der Waals surface area contributed by atoms with Crippen LogP contribution in [-0.4, -0.2) is 82.7 Å².